The Labute approximate surface area is 81.9 Å². The van der Waals surface area contributed by atoms with E-state index in [1.807, 2.05) is 0 Å². The fraction of sp³-hybridized carbons (Fsp3) is 0.667. The Hall–Kier alpha value is -0.560. The number of hydrogen-bond donors (Lipinski definition) is 1. The molecule has 1 rings (SSSR count). The van der Waals surface area contributed by atoms with Gasteiger partial charge in [-0.3, -0.25) is 0 Å². The number of rotatable bonds is 3. The Morgan fingerprint density at radius 2 is 2.08 bits per heavy atom. The van der Waals surface area contributed by atoms with Crippen LogP contribution in [0, 0.1) is 5.92 Å². The van der Waals surface area contributed by atoms with Gasteiger partial charge in [-0.1, -0.05) is 30.7 Å². The van der Waals surface area contributed by atoms with Crippen LogP contribution in [0.4, 0.5) is 0 Å². The lowest BCUT2D eigenvalue weighted by atomic mass is 9.91. The van der Waals surface area contributed by atoms with Crippen LogP contribution in [0.1, 0.15) is 33.1 Å². The van der Waals surface area contributed by atoms with E-state index >= 15 is 0 Å². The van der Waals surface area contributed by atoms with Crippen LogP contribution >= 0.6 is 0 Å². The van der Waals surface area contributed by atoms with Gasteiger partial charge in [-0.15, -0.1) is 0 Å². The van der Waals surface area contributed by atoms with E-state index in [0.717, 1.165) is 12.3 Å². The Bertz CT molecular complexity index is 185. The summed E-state index contributed by atoms with van der Waals surface area (Å²) in [6, 6.07) is 0. The summed E-state index contributed by atoms with van der Waals surface area (Å²) in [5.41, 5.74) is 1.55. The first-order valence-electron chi connectivity index (χ1n) is 5.38. The lowest BCUT2D eigenvalue weighted by Crippen LogP contribution is -2.28. The fourth-order valence-corrected chi connectivity index (χ4v) is 1.77. The predicted octanol–water partition coefficient (Wildman–Crippen LogP) is 2.90. The van der Waals surface area contributed by atoms with Gasteiger partial charge in [0.25, 0.3) is 0 Å². The molecule has 0 aromatic heterocycles. The van der Waals surface area contributed by atoms with Crippen LogP contribution in [-0.2, 0) is 0 Å². The van der Waals surface area contributed by atoms with Crippen molar-refractivity contribution in [1.82, 2.24) is 5.32 Å². The first-order valence-corrected chi connectivity index (χ1v) is 5.38. The molecule has 0 saturated carbocycles. The minimum atomic E-state index is 0.822. The van der Waals surface area contributed by atoms with E-state index in [1.165, 1.54) is 25.9 Å². The Balaban J connectivity index is 2.39. The molecule has 0 aromatic rings. The molecule has 1 heterocycles. The molecular weight excluding hydrogens is 158 g/mol. The quantitative estimate of drug-likeness (QED) is 0.657. The summed E-state index contributed by atoms with van der Waals surface area (Å²) < 4.78 is 0. The van der Waals surface area contributed by atoms with Crippen molar-refractivity contribution >= 4 is 0 Å². The smallest absolute Gasteiger partial charge is 0.00432 e. The van der Waals surface area contributed by atoms with Crippen molar-refractivity contribution in [2.75, 3.05) is 13.1 Å². The van der Waals surface area contributed by atoms with Crippen LogP contribution in [0.25, 0.3) is 0 Å². The van der Waals surface area contributed by atoms with Crippen molar-refractivity contribution in [3.8, 4) is 0 Å². The predicted molar refractivity (Wildman–Crippen MR) is 58.8 cm³/mol. The Kier molecular flexibility index (Phi) is 4.84. The van der Waals surface area contributed by atoms with E-state index in [0.29, 0.717) is 0 Å². The third-order valence-corrected chi connectivity index (χ3v) is 2.71. The van der Waals surface area contributed by atoms with E-state index in [-0.39, 0.29) is 0 Å². The zero-order chi connectivity index (χ0) is 9.52. The average Bonchev–Trinajstić information content (AvgIpc) is 2.19. The first-order chi connectivity index (χ1) is 6.34. The molecule has 1 aliphatic rings. The summed E-state index contributed by atoms with van der Waals surface area (Å²) in [5.74, 6) is 0.822. The van der Waals surface area contributed by atoms with E-state index in [4.69, 9.17) is 0 Å². The first kappa shape index (κ1) is 10.5. The summed E-state index contributed by atoms with van der Waals surface area (Å²) in [6.45, 7) is 6.81. The summed E-state index contributed by atoms with van der Waals surface area (Å²) in [5, 5.41) is 3.39. The average molecular weight is 179 g/mol. The standard InChI is InChI=1S/C12H21N/c1-3-4-5-6-11(2)12-7-9-13-10-8-12/h4-6,12-13H,3,7-10H2,1-2H3/b5-4-,11-6+. The monoisotopic (exact) mass is 179 g/mol. The molecule has 13 heavy (non-hydrogen) atoms. The molecule has 0 amide bonds. The van der Waals surface area contributed by atoms with Crippen molar-refractivity contribution in [1.29, 1.82) is 0 Å². The molecule has 1 fully saturated rings. The maximum atomic E-state index is 3.39. The van der Waals surface area contributed by atoms with Gasteiger partial charge in [-0.05, 0) is 45.2 Å². The van der Waals surface area contributed by atoms with Gasteiger partial charge in [0, 0.05) is 0 Å². The third-order valence-electron chi connectivity index (χ3n) is 2.71. The minimum Gasteiger partial charge on any atom is -0.317 e. The minimum absolute atomic E-state index is 0.822. The molecule has 1 saturated heterocycles. The number of nitrogens with one attached hydrogen (secondary N) is 1. The molecule has 1 aliphatic heterocycles. The highest BCUT2D eigenvalue weighted by atomic mass is 14.9. The van der Waals surface area contributed by atoms with Crippen molar-refractivity contribution in [2.24, 2.45) is 5.92 Å². The molecule has 0 unspecified atom stereocenters. The Morgan fingerprint density at radius 3 is 2.69 bits per heavy atom. The number of piperidine rings is 1. The molecule has 74 valence electrons. The van der Waals surface area contributed by atoms with E-state index < -0.39 is 0 Å². The molecule has 1 N–H and O–H groups in total. The zero-order valence-electron chi connectivity index (χ0n) is 8.84. The lowest BCUT2D eigenvalue weighted by Gasteiger charge is -2.23. The second-order valence-corrected chi connectivity index (χ2v) is 3.77. The second-order valence-electron chi connectivity index (χ2n) is 3.77. The highest BCUT2D eigenvalue weighted by molar-refractivity contribution is 5.13. The van der Waals surface area contributed by atoms with Crippen molar-refractivity contribution in [2.45, 2.75) is 33.1 Å². The van der Waals surface area contributed by atoms with E-state index in [1.54, 1.807) is 5.57 Å². The lowest BCUT2D eigenvalue weighted by molar-refractivity contribution is 0.420. The summed E-state index contributed by atoms with van der Waals surface area (Å²) in [7, 11) is 0. The van der Waals surface area contributed by atoms with Crippen molar-refractivity contribution in [3.05, 3.63) is 23.8 Å². The highest BCUT2D eigenvalue weighted by Crippen LogP contribution is 2.20. The SMILES string of the molecule is CC/C=C\C=C(/C)C1CCNCC1. The second kappa shape index (κ2) is 5.98. The third kappa shape index (κ3) is 3.77. The molecule has 0 radical (unpaired) electrons. The van der Waals surface area contributed by atoms with Gasteiger partial charge in [0.15, 0.2) is 0 Å². The van der Waals surface area contributed by atoms with Crippen LogP contribution in [-0.4, -0.2) is 13.1 Å². The van der Waals surface area contributed by atoms with Gasteiger partial charge in [0.1, 0.15) is 0 Å². The molecule has 0 bridgehead atoms. The molecule has 1 nitrogen and oxygen atoms in total. The van der Waals surface area contributed by atoms with E-state index in [2.05, 4.69) is 37.4 Å². The maximum Gasteiger partial charge on any atom is -0.00432 e. The fourth-order valence-electron chi connectivity index (χ4n) is 1.77. The maximum absolute atomic E-state index is 3.39. The van der Waals surface area contributed by atoms with Crippen molar-refractivity contribution in [3.63, 3.8) is 0 Å². The van der Waals surface area contributed by atoms with Gasteiger partial charge in [0.2, 0.25) is 0 Å². The molecule has 0 spiro atoms. The molecular formula is C12H21N. The zero-order valence-corrected chi connectivity index (χ0v) is 8.84. The largest absolute Gasteiger partial charge is 0.317 e. The van der Waals surface area contributed by atoms with E-state index in [9.17, 15) is 0 Å². The number of allylic oxidation sites excluding steroid dienone is 4. The molecule has 0 atom stereocenters. The Morgan fingerprint density at radius 1 is 1.38 bits per heavy atom. The summed E-state index contributed by atoms with van der Waals surface area (Å²) in [4.78, 5) is 0. The van der Waals surface area contributed by atoms with Crippen LogP contribution in [0.2, 0.25) is 0 Å². The summed E-state index contributed by atoms with van der Waals surface area (Å²) >= 11 is 0. The topological polar surface area (TPSA) is 12.0 Å². The van der Waals surface area contributed by atoms with Gasteiger partial charge in [-0.2, -0.15) is 0 Å². The van der Waals surface area contributed by atoms with Crippen LogP contribution < -0.4 is 5.32 Å². The van der Waals surface area contributed by atoms with Crippen LogP contribution in [0.5, 0.6) is 0 Å². The van der Waals surface area contributed by atoms with Gasteiger partial charge in [-0.25, -0.2) is 0 Å². The van der Waals surface area contributed by atoms with Gasteiger partial charge >= 0.3 is 0 Å². The van der Waals surface area contributed by atoms with Crippen molar-refractivity contribution < 1.29 is 0 Å². The summed E-state index contributed by atoms with van der Waals surface area (Å²) in [6.07, 6.45) is 10.4. The van der Waals surface area contributed by atoms with Gasteiger partial charge < -0.3 is 5.32 Å². The number of hydrogen-bond acceptors (Lipinski definition) is 1. The molecule has 1 heteroatoms. The van der Waals surface area contributed by atoms with Gasteiger partial charge in [0.05, 0.1) is 0 Å². The molecule has 0 aromatic carbocycles. The van der Waals surface area contributed by atoms with Crippen LogP contribution in [0.15, 0.2) is 23.8 Å². The molecule has 0 aliphatic carbocycles. The highest BCUT2D eigenvalue weighted by Gasteiger charge is 2.13. The normalized spacial score (nSPS) is 21.2. The van der Waals surface area contributed by atoms with Crippen LogP contribution in [0.3, 0.4) is 0 Å².